The van der Waals surface area contributed by atoms with Crippen LogP contribution in [0.3, 0.4) is 0 Å². The summed E-state index contributed by atoms with van der Waals surface area (Å²) >= 11 is 0. The maximum atomic E-state index is 13.9. The van der Waals surface area contributed by atoms with E-state index in [1.54, 1.807) is 48.5 Å². The summed E-state index contributed by atoms with van der Waals surface area (Å²) < 4.78 is 11.0. The minimum atomic E-state index is -0.387. The third kappa shape index (κ3) is 4.89. The van der Waals surface area contributed by atoms with Crippen LogP contribution in [0.5, 0.6) is 5.75 Å². The lowest BCUT2D eigenvalue weighted by atomic mass is 9.83. The first-order chi connectivity index (χ1) is 15.3. The molecule has 3 aromatic rings. The minimum Gasteiger partial charge on any atom is -0.491 e. The maximum Gasteiger partial charge on any atom is 0.265 e. The van der Waals surface area contributed by atoms with E-state index in [1.807, 2.05) is 30.3 Å². The number of anilines is 1. The van der Waals surface area contributed by atoms with Gasteiger partial charge < -0.3 is 9.47 Å². The molecule has 0 radical (unpaired) electrons. The molecule has 5 nitrogen and oxygen atoms in total. The zero-order valence-electron chi connectivity index (χ0n) is 18.6. The normalized spacial score (nSPS) is 15.2. The summed E-state index contributed by atoms with van der Waals surface area (Å²) in [7, 11) is 0. The van der Waals surface area contributed by atoms with Crippen molar-refractivity contribution in [3.8, 4) is 5.75 Å². The molecule has 1 aliphatic rings. The van der Waals surface area contributed by atoms with Crippen molar-refractivity contribution in [1.82, 2.24) is 0 Å². The molecule has 1 unspecified atom stereocenters. The Morgan fingerprint density at radius 1 is 0.938 bits per heavy atom. The van der Waals surface area contributed by atoms with Gasteiger partial charge in [-0.3, -0.25) is 9.59 Å². The number of ether oxygens (including phenoxy) is 2. The van der Waals surface area contributed by atoms with E-state index in [0.29, 0.717) is 35.8 Å². The van der Waals surface area contributed by atoms with E-state index in [4.69, 9.17) is 9.47 Å². The van der Waals surface area contributed by atoms with Gasteiger partial charge >= 0.3 is 0 Å². The molecule has 0 aromatic heterocycles. The van der Waals surface area contributed by atoms with Crippen LogP contribution in [0.15, 0.2) is 78.9 Å². The van der Waals surface area contributed by atoms with Crippen LogP contribution >= 0.6 is 0 Å². The van der Waals surface area contributed by atoms with E-state index in [-0.39, 0.29) is 23.3 Å². The van der Waals surface area contributed by atoms with Crippen LogP contribution in [0.1, 0.15) is 47.1 Å². The van der Waals surface area contributed by atoms with Crippen molar-refractivity contribution in [2.45, 2.75) is 32.3 Å². The summed E-state index contributed by atoms with van der Waals surface area (Å²) in [6, 6.07) is 23.3. The number of amides is 2. The molecule has 0 bridgehead atoms. The van der Waals surface area contributed by atoms with Crippen LogP contribution in [0.4, 0.5) is 5.69 Å². The predicted molar refractivity (Wildman–Crippen MR) is 124 cm³/mol. The molecule has 3 aromatic carbocycles. The molecule has 1 fully saturated rings. The highest BCUT2D eigenvalue weighted by atomic mass is 16.6. The lowest BCUT2D eigenvalue weighted by molar-refractivity contribution is 0.0896. The molecule has 164 valence electrons. The lowest BCUT2D eigenvalue weighted by Crippen LogP contribution is -2.38. The fourth-order valence-electron chi connectivity index (χ4n) is 3.55. The molecule has 2 amide bonds. The molecule has 1 saturated heterocycles. The van der Waals surface area contributed by atoms with Crippen molar-refractivity contribution in [2.75, 3.05) is 18.1 Å². The van der Waals surface area contributed by atoms with Gasteiger partial charge in [0.2, 0.25) is 0 Å². The van der Waals surface area contributed by atoms with Gasteiger partial charge in [0, 0.05) is 17.2 Å². The summed E-state index contributed by atoms with van der Waals surface area (Å²) in [6.45, 7) is 7.29. The number of hydrogen-bond acceptors (Lipinski definition) is 4. The molecule has 0 saturated carbocycles. The van der Waals surface area contributed by atoms with Gasteiger partial charge in [-0.1, -0.05) is 63.2 Å². The zero-order chi connectivity index (χ0) is 22.7. The number of carbonyl (C=O) groups is 2. The van der Waals surface area contributed by atoms with Gasteiger partial charge in [0.15, 0.2) is 0 Å². The number of nitrogens with zero attached hydrogens (tertiary/aromatic N) is 1. The molecule has 0 spiro atoms. The van der Waals surface area contributed by atoms with Crippen molar-refractivity contribution < 1.29 is 19.1 Å². The van der Waals surface area contributed by atoms with E-state index in [0.717, 1.165) is 5.56 Å². The van der Waals surface area contributed by atoms with Gasteiger partial charge in [0.05, 0.1) is 12.3 Å². The number of rotatable bonds is 6. The number of carbonyl (C=O) groups excluding carboxylic acids is 2. The Kier molecular flexibility index (Phi) is 6.10. The van der Waals surface area contributed by atoms with Gasteiger partial charge in [0.25, 0.3) is 11.8 Å². The first kappa shape index (κ1) is 21.8. The van der Waals surface area contributed by atoms with E-state index in [1.165, 1.54) is 4.90 Å². The fourth-order valence-corrected chi connectivity index (χ4v) is 3.55. The molecule has 0 N–H and O–H groups in total. The van der Waals surface area contributed by atoms with Crippen LogP contribution in [-0.4, -0.2) is 31.1 Å². The number of benzene rings is 3. The Morgan fingerprint density at radius 2 is 1.62 bits per heavy atom. The Balaban J connectivity index is 1.76. The van der Waals surface area contributed by atoms with Crippen LogP contribution in [0.25, 0.3) is 0 Å². The van der Waals surface area contributed by atoms with Crippen molar-refractivity contribution in [3.63, 3.8) is 0 Å². The monoisotopic (exact) mass is 429 g/mol. The molecule has 1 aliphatic heterocycles. The molecule has 0 aliphatic carbocycles. The van der Waals surface area contributed by atoms with Gasteiger partial charge in [-0.05, 0) is 41.3 Å². The molecule has 5 heteroatoms. The van der Waals surface area contributed by atoms with Crippen molar-refractivity contribution in [2.24, 2.45) is 0 Å². The van der Waals surface area contributed by atoms with Crippen molar-refractivity contribution >= 4 is 17.5 Å². The number of imide groups is 1. The summed E-state index contributed by atoms with van der Waals surface area (Å²) in [6.07, 6.45) is 0.112. The molecule has 1 atom stereocenters. The first-order valence-corrected chi connectivity index (χ1v) is 10.7. The second kappa shape index (κ2) is 8.97. The maximum absolute atomic E-state index is 13.9. The highest BCUT2D eigenvalue weighted by molar-refractivity contribution is 6.26. The topological polar surface area (TPSA) is 59.1 Å². The average Bonchev–Trinajstić information content (AvgIpc) is 3.63. The Labute approximate surface area is 188 Å². The Hall–Kier alpha value is -3.44. The van der Waals surface area contributed by atoms with Crippen LogP contribution in [-0.2, 0) is 10.2 Å². The van der Waals surface area contributed by atoms with Crippen LogP contribution in [0.2, 0.25) is 0 Å². The summed E-state index contributed by atoms with van der Waals surface area (Å²) in [5.74, 6) is -0.171. The van der Waals surface area contributed by atoms with Gasteiger partial charge in [0.1, 0.15) is 18.5 Å². The average molecular weight is 430 g/mol. The summed E-state index contributed by atoms with van der Waals surface area (Å²) in [5, 5.41) is 0. The van der Waals surface area contributed by atoms with Crippen LogP contribution < -0.4 is 9.64 Å². The second-order valence-corrected chi connectivity index (χ2v) is 8.87. The third-order valence-electron chi connectivity index (χ3n) is 5.31. The molecular weight excluding hydrogens is 402 g/mol. The largest absolute Gasteiger partial charge is 0.491 e. The van der Waals surface area contributed by atoms with Gasteiger partial charge in [-0.15, -0.1) is 0 Å². The minimum absolute atomic E-state index is 0.112. The number of epoxide rings is 1. The quantitative estimate of drug-likeness (QED) is 0.397. The van der Waals surface area contributed by atoms with E-state index in [9.17, 15) is 9.59 Å². The fraction of sp³-hybridized carbons (Fsp3) is 0.259. The molecule has 4 rings (SSSR count). The van der Waals surface area contributed by atoms with E-state index < -0.39 is 0 Å². The van der Waals surface area contributed by atoms with Gasteiger partial charge in [-0.25, -0.2) is 4.90 Å². The zero-order valence-corrected chi connectivity index (χ0v) is 18.6. The SMILES string of the molecule is CC(C)(C)c1ccccc1C(=O)N(C(=O)c1ccccc1)c1cccc(OCC2CO2)c1. The molecule has 1 heterocycles. The van der Waals surface area contributed by atoms with E-state index >= 15 is 0 Å². The third-order valence-corrected chi connectivity index (χ3v) is 5.31. The lowest BCUT2D eigenvalue weighted by Gasteiger charge is -2.27. The summed E-state index contributed by atoms with van der Waals surface area (Å²) in [4.78, 5) is 28.6. The second-order valence-electron chi connectivity index (χ2n) is 8.87. The Bertz CT molecular complexity index is 1110. The highest BCUT2D eigenvalue weighted by Crippen LogP contribution is 2.30. The standard InChI is InChI=1S/C27H27NO4/c1-27(2,3)24-15-8-7-14-23(24)26(30)28(25(29)19-10-5-4-6-11-19)20-12-9-13-21(16-20)31-17-22-18-32-22/h4-16,22H,17-18H2,1-3H3. The molecule has 32 heavy (non-hydrogen) atoms. The summed E-state index contributed by atoms with van der Waals surface area (Å²) in [5.41, 5.74) is 2.02. The predicted octanol–water partition coefficient (Wildman–Crippen LogP) is 5.25. The van der Waals surface area contributed by atoms with Crippen molar-refractivity contribution in [3.05, 3.63) is 95.6 Å². The van der Waals surface area contributed by atoms with E-state index in [2.05, 4.69) is 20.8 Å². The highest BCUT2D eigenvalue weighted by Gasteiger charge is 2.30. The van der Waals surface area contributed by atoms with Gasteiger partial charge in [-0.2, -0.15) is 0 Å². The van der Waals surface area contributed by atoms with Crippen molar-refractivity contribution in [1.29, 1.82) is 0 Å². The molecular formula is C27H27NO4. The smallest absolute Gasteiger partial charge is 0.265 e. The number of hydrogen-bond donors (Lipinski definition) is 0. The van der Waals surface area contributed by atoms with Crippen LogP contribution in [0, 0.1) is 0 Å². The first-order valence-electron chi connectivity index (χ1n) is 10.7. The Morgan fingerprint density at radius 3 is 2.31 bits per heavy atom.